The highest BCUT2D eigenvalue weighted by atomic mass is 79.9. The second kappa shape index (κ2) is 6.72. The molecule has 0 aliphatic rings. The molecule has 2 rings (SSSR count). The molecule has 0 amide bonds. The Bertz CT molecular complexity index is 629. The van der Waals surface area contributed by atoms with Crippen molar-refractivity contribution in [2.45, 2.75) is 6.61 Å². The Morgan fingerprint density at radius 1 is 1.35 bits per heavy atom. The Morgan fingerprint density at radius 2 is 2.15 bits per heavy atom. The lowest BCUT2D eigenvalue weighted by Gasteiger charge is -2.11. The summed E-state index contributed by atoms with van der Waals surface area (Å²) in [5, 5.41) is 3.80. The summed E-state index contributed by atoms with van der Waals surface area (Å²) in [6, 6.07) is 9.87. The van der Waals surface area contributed by atoms with Gasteiger partial charge in [0.2, 0.25) is 0 Å². The Labute approximate surface area is 129 Å². The van der Waals surface area contributed by atoms with Gasteiger partial charge in [-0.1, -0.05) is 33.6 Å². The van der Waals surface area contributed by atoms with Crippen LogP contribution in [0.2, 0.25) is 5.02 Å². The number of rotatable bonds is 4. The molecule has 0 spiro atoms. The molecular formula is C14H11BrClFN2O. The summed E-state index contributed by atoms with van der Waals surface area (Å²) in [5.41, 5.74) is 1.00. The highest BCUT2D eigenvalue weighted by molar-refractivity contribution is 9.10. The number of ether oxygens (including phenoxy) is 1. The van der Waals surface area contributed by atoms with Crippen LogP contribution in [0.1, 0.15) is 11.1 Å². The normalized spacial score (nSPS) is 10.9. The number of nitrogens with two attached hydrogens (primary N) is 1. The average Bonchev–Trinajstić information content (AvgIpc) is 2.40. The molecule has 0 saturated heterocycles. The van der Waals surface area contributed by atoms with Crippen molar-refractivity contribution in [3.8, 4) is 5.75 Å². The summed E-state index contributed by atoms with van der Waals surface area (Å²) in [6.07, 6.45) is 1.46. The van der Waals surface area contributed by atoms with Crippen molar-refractivity contribution in [2.24, 2.45) is 10.9 Å². The van der Waals surface area contributed by atoms with Gasteiger partial charge in [-0.25, -0.2) is 4.39 Å². The van der Waals surface area contributed by atoms with Gasteiger partial charge in [-0.3, -0.25) is 0 Å². The fourth-order valence-electron chi connectivity index (χ4n) is 1.65. The largest absolute Gasteiger partial charge is 0.488 e. The lowest BCUT2D eigenvalue weighted by atomic mass is 10.2. The number of benzene rings is 2. The number of hydrogen-bond donors (Lipinski definition) is 1. The molecule has 6 heteroatoms. The molecule has 0 aliphatic carbocycles. The Balaban J connectivity index is 2.23. The molecule has 2 N–H and O–H groups in total. The molecule has 0 radical (unpaired) electrons. The standard InChI is InChI=1S/C14H11BrClFN2O/c15-10-4-5-14(9(6-10)7-19-18)20-8-11-12(16)2-1-3-13(11)17/h1-7H,8,18H2. The minimum Gasteiger partial charge on any atom is -0.488 e. The predicted molar refractivity (Wildman–Crippen MR) is 81.7 cm³/mol. The summed E-state index contributed by atoms with van der Waals surface area (Å²) in [5.74, 6) is 5.30. The summed E-state index contributed by atoms with van der Waals surface area (Å²) in [7, 11) is 0. The van der Waals surface area contributed by atoms with Crippen molar-refractivity contribution in [1.82, 2.24) is 0 Å². The van der Waals surface area contributed by atoms with Gasteiger partial charge in [0.05, 0.1) is 11.2 Å². The first-order chi connectivity index (χ1) is 9.61. The zero-order valence-electron chi connectivity index (χ0n) is 10.3. The van der Waals surface area contributed by atoms with E-state index in [4.69, 9.17) is 22.2 Å². The van der Waals surface area contributed by atoms with E-state index in [9.17, 15) is 4.39 Å². The van der Waals surface area contributed by atoms with E-state index in [1.807, 2.05) is 6.07 Å². The van der Waals surface area contributed by atoms with E-state index in [0.717, 1.165) is 4.47 Å². The molecule has 0 heterocycles. The zero-order valence-corrected chi connectivity index (χ0v) is 12.7. The maximum atomic E-state index is 13.6. The SMILES string of the molecule is NN=Cc1cc(Br)ccc1OCc1c(F)cccc1Cl. The number of halogens is 3. The number of hydrogen-bond acceptors (Lipinski definition) is 3. The average molecular weight is 358 g/mol. The zero-order chi connectivity index (χ0) is 14.5. The van der Waals surface area contributed by atoms with Crippen molar-refractivity contribution < 1.29 is 9.13 Å². The van der Waals surface area contributed by atoms with E-state index in [1.165, 1.54) is 12.3 Å². The minimum absolute atomic E-state index is 0.0263. The van der Waals surface area contributed by atoms with Gasteiger partial charge in [0.1, 0.15) is 18.2 Å². The molecule has 104 valence electrons. The molecule has 3 nitrogen and oxygen atoms in total. The third-order valence-electron chi connectivity index (χ3n) is 2.62. The topological polar surface area (TPSA) is 47.6 Å². The van der Waals surface area contributed by atoms with Crippen molar-refractivity contribution in [2.75, 3.05) is 0 Å². The third-order valence-corrected chi connectivity index (χ3v) is 3.47. The van der Waals surface area contributed by atoms with Crippen LogP contribution in [0.15, 0.2) is 46.0 Å². The van der Waals surface area contributed by atoms with E-state index < -0.39 is 5.82 Å². The number of nitrogens with zero attached hydrogens (tertiary/aromatic N) is 1. The van der Waals surface area contributed by atoms with E-state index in [2.05, 4.69) is 21.0 Å². The molecule has 0 aromatic heterocycles. The van der Waals surface area contributed by atoms with Crippen molar-refractivity contribution in [1.29, 1.82) is 0 Å². The van der Waals surface area contributed by atoms with E-state index in [-0.39, 0.29) is 6.61 Å². The summed E-state index contributed by atoms with van der Waals surface area (Å²) in [6.45, 7) is 0.0263. The highest BCUT2D eigenvalue weighted by Gasteiger charge is 2.09. The van der Waals surface area contributed by atoms with Gasteiger partial charge in [0, 0.05) is 15.6 Å². The van der Waals surface area contributed by atoms with Gasteiger partial charge in [-0.15, -0.1) is 0 Å². The first-order valence-corrected chi connectivity index (χ1v) is 6.87. The lowest BCUT2D eigenvalue weighted by Crippen LogP contribution is -2.02. The van der Waals surface area contributed by atoms with Gasteiger partial charge in [0.15, 0.2) is 0 Å². The van der Waals surface area contributed by atoms with Crippen molar-refractivity contribution >= 4 is 33.7 Å². The molecule has 0 bridgehead atoms. The van der Waals surface area contributed by atoms with Crippen LogP contribution in [-0.4, -0.2) is 6.21 Å². The first-order valence-electron chi connectivity index (χ1n) is 5.70. The molecule has 20 heavy (non-hydrogen) atoms. The Morgan fingerprint density at radius 3 is 2.85 bits per heavy atom. The molecule has 0 aliphatic heterocycles. The Kier molecular flexibility index (Phi) is 4.98. The van der Waals surface area contributed by atoms with Crippen LogP contribution in [-0.2, 0) is 6.61 Å². The van der Waals surface area contributed by atoms with Crippen LogP contribution < -0.4 is 10.6 Å². The maximum absolute atomic E-state index is 13.6. The summed E-state index contributed by atoms with van der Waals surface area (Å²) < 4.78 is 20.1. The molecule has 0 fully saturated rings. The molecular weight excluding hydrogens is 347 g/mol. The van der Waals surface area contributed by atoms with E-state index in [1.54, 1.807) is 24.3 Å². The van der Waals surface area contributed by atoms with Crippen LogP contribution in [0.3, 0.4) is 0 Å². The van der Waals surface area contributed by atoms with Crippen LogP contribution >= 0.6 is 27.5 Å². The molecule has 0 saturated carbocycles. The second-order valence-electron chi connectivity index (χ2n) is 3.95. The fraction of sp³-hybridized carbons (Fsp3) is 0.0714. The van der Waals surface area contributed by atoms with E-state index in [0.29, 0.717) is 21.9 Å². The smallest absolute Gasteiger partial charge is 0.131 e. The quantitative estimate of drug-likeness (QED) is 0.508. The fourth-order valence-corrected chi connectivity index (χ4v) is 2.25. The predicted octanol–water partition coefficient (Wildman–Crippen LogP) is 4.11. The van der Waals surface area contributed by atoms with Gasteiger partial charge < -0.3 is 10.6 Å². The second-order valence-corrected chi connectivity index (χ2v) is 5.27. The van der Waals surface area contributed by atoms with Gasteiger partial charge in [-0.2, -0.15) is 5.10 Å². The summed E-state index contributed by atoms with van der Waals surface area (Å²) >= 11 is 9.29. The minimum atomic E-state index is -0.399. The third kappa shape index (κ3) is 3.49. The van der Waals surface area contributed by atoms with Crippen LogP contribution in [0.5, 0.6) is 5.75 Å². The molecule has 2 aromatic rings. The van der Waals surface area contributed by atoms with Crippen LogP contribution in [0.4, 0.5) is 4.39 Å². The van der Waals surface area contributed by atoms with Gasteiger partial charge >= 0.3 is 0 Å². The van der Waals surface area contributed by atoms with Gasteiger partial charge in [-0.05, 0) is 30.3 Å². The summed E-state index contributed by atoms with van der Waals surface area (Å²) in [4.78, 5) is 0. The van der Waals surface area contributed by atoms with Crippen LogP contribution in [0.25, 0.3) is 0 Å². The molecule has 0 atom stereocenters. The molecule has 0 unspecified atom stereocenters. The Hall–Kier alpha value is -1.59. The van der Waals surface area contributed by atoms with Gasteiger partial charge in [0.25, 0.3) is 0 Å². The first kappa shape index (κ1) is 14.8. The van der Waals surface area contributed by atoms with Crippen molar-refractivity contribution in [3.63, 3.8) is 0 Å². The van der Waals surface area contributed by atoms with E-state index >= 15 is 0 Å². The maximum Gasteiger partial charge on any atom is 0.131 e. The monoisotopic (exact) mass is 356 g/mol. The van der Waals surface area contributed by atoms with Crippen LogP contribution in [0, 0.1) is 5.82 Å². The molecule has 2 aromatic carbocycles. The highest BCUT2D eigenvalue weighted by Crippen LogP contribution is 2.25. The lowest BCUT2D eigenvalue weighted by molar-refractivity contribution is 0.299. The number of hydrazone groups is 1. The van der Waals surface area contributed by atoms with Crippen molar-refractivity contribution in [3.05, 3.63) is 62.8 Å².